The van der Waals surface area contributed by atoms with Crippen LogP contribution in [0.4, 0.5) is 10.7 Å². The lowest BCUT2D eigenvalue weighted by atomic mass is 10.2. The van der Waals surface area contributed by atoms with Gasteiger partial charge in [-0.2, -0.15) is 5.26 Å². The van der Waals surface area contributed by atoms with Crippen molar-refractivity contribution in [3.8, 4) is 6.07 Å². The van der Waals surface area contributed by atoms with Gasteiger partial charge in [0.2, 0.25) is 5.91 Å². The highest BCUT2D eigenvalue weighted by Gasteiger charge is 2.34. The molecule has 1 atom stereocenters. The van der Waals surface area contributed by atoms with Crippen molar-refractivity contribution in [3.63, 3.8) is 0 Å². The Morgan fingerprint density at radius 1 is 1.38 bits per heavy atom. The molecular weight excluding hydrogens is 322 g/mol. The third-order valence-electron chi connectivity index (χ3n) is 3.98. The van der Waals surface area contributed by atoms with Crippen LogP contribution in [0.25, 0.3) is 0 Å². The van der Waals surface area contributed by atoms with E-state index in [0.717, 1.165) is 22.7 Å². The Morgan fingerprint density at radius 2 is 2.17 bits per heavy atom. The number of hydrogen-bond acceptors (Lipinski definition) is 5. The number of benzene rings is 1. The predicted octanol–water partition coefficient (Wildman–Crippen LogP) is 3.37. The maximum absolute atomic E-state index is 12.6. The first-order chi connectivity index (χ1) is 11.7. The Bertz CT molecular complexity index is 748. The van der Waals surface area contributed by atoms with E-state index < -0.39 is 0 Å². The number of nitrogens with zero attached hydrogens (tertiary/aromatic N) is 2. The molecule has 0 aliphatic carbocycles. The summed E-state index contributed by atoms with van der Waals surface area (Å²) in [6.45, 7) is 3.90. The molecule has 0 bridgehead atoms. The number of ether oxygens (including phenoxy) is 1. The molecule has 1 aliphatic rings. The first-order valence-corrected chi connectivity index (χ1v) is 8.83. The standard InChI is InChI=1S/C18H19N3O2S/c1-2-23-12-13-3-5-15(6-4-13)20-16-7-9-21(17(16)22)18-14(11-19)8-10-24-18/h3-6,8,10,16,20H,2,7,9,12H2,1H3/t16-/m1/s1. The van der Waals surface area contributed by atoms with Crippen molar-refractivity contribution in [2.24, 2.45) is 0 Å². The maximum atomic E-state index is 12.6. The molecule has 124 valence electrons. The van der Waals surface area contributed by atoms with Crippen LogP contribution in [0.15, 0.2) is 35.7 Å². The number of rotatable bonds is 6. The predicted molar refractivity (Wildman–Crippen MR) is 95.2 cm³/mol. The average molecular weight is 341 g/mol. The van der Waals surface area contributed by atoms with Gasteiger partial charge in [-0.3, -0.25) is 4.79 Å². The molecule has 0 unspecified atom stereocenters. The maximum Gasteiger partial charge on any atom is 0.250 e. The van der Waals surface area contributed by atoms with Crippen LogP contribution >= 0.6 is 11.3 Å². The number of anilines is 2. The molecule has 24 heavy (non-hydrogen) atoms. The van der Waals surface area contributed by atoms with Crippen LogP contribution in [-0.4, -0.2) is 25.1 Å². The highest BCUT2D eigenvalue weighted by molar-refractivity contribution is 7.14. The summed E-state index contributed by atoms with van der Waals surface area (Å²) < 4.78 is 5.38. The van der Waals surface area contributed by atoms with Gasteiger partial charge in [-0.1, -0.05) is 12.1 Å². The minimum atomic E-state index is -0.253. The lowest BCUT2D eigenvalue weighted by molar-refractivity contribution is -0.117. The first kappa shape index (κ1) is 16.5. The third kappa shape index (κ3) is 3.42. The largest absolute Gasteiger partial charge is 0.377 e. The highest BCUT2D eigenvalue weighted by Crippen LogP contribution is 2.31. The number of amides is 1. The molecule has 0 spiro atoms. The van der Waals surface area contributed by atoms with Crippen LogP contribution in [0.1, 0.15) is 24.5 Å². The second kappa shape index (κ2) is 7.47. The van der Waals surface area contributed by atoms with Crippen molar-refractivity contribution >= 4 is 27.9 Å². The fourth-order valence-electron chi connectivity index (χ4n) is 2.73. The molecule has 2 aromatic rings. The first-order valence-electron chi connectivity index (χ1n) is 7.95. The van der Waals surface area contributed by atoms with E-state index in [4.69, 9.17) is 10.00 Å². The molecule has 1 saturated heterocycles. The summed E-state index contributed by atoms with van der Waals surface area (Å²) in [7, 11) is 0. The summed E-state index contributed by atoms with van der Waals surface area (Å²) in [5.74, 6) is 0.0207. The second-order valence-electron chi connectivity index (χ2n) is 5.56. The molecule has 1 fully saturated rings. The SMILES string of the molecule is CCOCc1ccc(N[C@@H]2CCN(c3sccc3C#N)C2=O)cc1. The van der Waals surface area contributed by atoms with Gasteiger partial charge in [-0.25, -0.2) is 0 Å². The van der Waals surface area contributed by atoms with E-state index in [0.29, 0.717) is 25.3 Å². The minimum absolute atomic E-state index is 0.0207. The highest BCUT2D eigenvalue weighted by atomic mass is 32.1. The second-order valence-corrected chi connectivity index (χ2v) is 6.46. The molecule has 1 aromatic carbocycles. The monoisotopic (exact) mass is 341 g/mol. The lowest BCUT2D eigenvalue weighted by Gasteiger charge is -2.16. The smallest absolute Gasteiger partial charge is 0.250 e. The lowest BCUT2D eigenvalue weighted by Crippen LogP contribution is -2.33. The van der Waals surface area contributed by atoms with E-state index in [1.165, 1.54) is 11.3 Å². The van der Waals surface area contributed by atoms with Gasteiger partial charge in [0.05, 0.1) is 12.2 Å². The van der Waals surface area contributed by atoms with Crippen LogP contribution in [0.5, 0.6) is 0 Å². The molecule has 0 saturated carbocycles. The number of carbonyl (C=O) groups excluding carboxylic acids is 1. The molecule has 1 N–H and O–H groups in total. The summed E-state index contributed by atoms with van der Waals surface area (Å²) in [5, 5.41) is 15.0. The Morgan fingerprint density at radius 3 is 2.88 bits per heavy atom. The molecule has 2 heterocycles. The van der Waals surface area contributed by atoms with E-state index in [1.807, 2.05) is 36.6 Å². The van der Waals surface area contributed by atoms with E-state index in [-0.39, 0.29) is 11.9 Å². The van der Waals surface area contributed by atoms with Gasteiger partial charge in [-0.05, 0) is 42.5 Å². The summed E-state index contributed by atoms with van der Waals surface area (Å²) in [4.78, 5) is 14.3. The van der Waals surface area contributed by atoms with Crippen LogP contribution in [-0.2, 0) is 16.1 Å². The number of thiophene rings is 1. The molecule has 6 heteroatoms. The van der Waals surface area contributed by atoms with Crippen LogP contribution in [0.2, 0.25) is 0 Å². The average Bonchev–Trinajstić information content (AvgIpc) is 3.21. The van der Waals surface area contributed by atoms with Crippen molar-refractivity contribution in [1.82, 2.24) is 0 Å². The summed E-state index contributed by atoms with van der Waals surface area (Å²) >= 11 is 1.43. The van der Waals surface area contributed by atoms with E-state index >= 15 is 0 Å². The van der Waals surface area contributed by atoms with Crippen LogP contribution < -0.4 is 10.2 Å². The minimum Gasteiger partial charge on any atom is -0.377 e. The number of carbonyl (C=O) groups is 1. The van der Waals surface area contributed by atoms with Gasteiger partial charge in [0.1, 0.15) is 17.1 Å². The number of nitriles is 1. The fraction of sp³-hybridized carbons (Fsp3) is 0.333. The summed E-state index contributed by atoms with van der Waals surface area (Å²) in [6.07, 6.45) is 0.725. The van der Waals surface area contributed by atoms with Gasteiger partial charge in [0.25, 0.3) is 0 Å². The zero-order valence-corrected chi connectivity index (χ0v) is 14.3. The zero-order chi connectivity index (χ0) is 16.9. The molecular formula is C18H19N3O2S. The fourth-order valence-corrected chi connectivity index (χ4v) is 3.61. The van der Waals surface area contributed by atoms with Crippen LogP contribution in [0.3, 0.4) is 0 Å². The molecule has 0 radical (unpaired) electrons. The Hall–Kier alpha value is -2.36. The molecule has 5 nitrogen and oxygen atoms in total. The number of nitrogens with one attached hydrogen (secondary N) is 1. The normalized spacial score (nSPS) is 17.1. The molecule has 1 amide bonds. The Labute approximate surface area is 145 Å². The Kier molecular flexibility index (Phi) is 5.14. The van der Waals surface area contributed by atoms with Gasteiger partial charge in [0, 0.05) is 18.8 Å². The van der Waals surface area contributed by atoms with E-state index in [9.17, 15) is 4.79 Å². The topological polar surface area (TPSA) is 65.4 Å². The zero-order valence-electron chi connectivity index (χ0n) is 13.5. The quantitative estimate of drug-likeness (QED) is 0.875. The van der Waals surface area contributed by atoms with Crippen LogP contribution in [0, 0.1) is 11.3 Å². The number of hydrogen-bond donors (Lipinski definition) is 1. The van der Waals surface area contributed by atoms with Gasteiger partial charge >= 0.3 is 0 Å². The Balaban J connectivity index is 1.65. The van der Waals surface area contributed by atoms with Gasteiger partial charge in [0.15, 0.2) is 0 Å². The third-order valence-corrected chi connectivity index (χ3v) is 4.92. The van der Waals surface area contributed by atoms with Gasteiger partial charge < -0.3 is 15.0 Å². The van der Waals surface area contributed by atoms with Crippen molar-refractivity contribution in [1.29, 1.82) is 5.26 Å². The molecule has 3 rings (SSSR count). The molecule has 1 aromatic heterocycles. The van der Waals surface area contributed by atoms with Gasteiger partial charge in [-0.15, -0.1) is 11.3 Å². The van der Waals surface area contributed by atoms with E-state index in [1.54, 1.807) is 11.0 Å². The summed E-state index contributed by atoms with van der Waals surface area (Å²) in [5.41, 5.74) is 2.59. The van der Waals surface area contributed by atoms with Crippen molar-refractivity contribution in [2.75, 3.05) is 23.4 Å². The van der Waals surface area contributed by atoms with Crippen molar-refractivity contribution in [2.45, 2.75) is 26.0 Å². The van der Waals surface area contributed by atoms with E-state index in [2.05, 4.69) is 11.4 Å². The summed E-state index contributed by atoms with van der Waals surface area (Å²) in [6, 6.07) is 11.6. The van der Waals surface area contributed by atoms with Crippen molar-refractivity contribution in [3.05, 3.63) is 46.8 Å². The van der Waals surface area contributed by atoms with Crippen molar-refractivity contribution < 1.29 is 9.53 Å². The molecule has 1 aliphatic heterocycles.